The number of carbonyl (C=O) groups excluding carboxylic acids is 1. The van der Waals surface area contributed by atoms with Crippen molar-refractivity contribution in [3.8, 4) is 0 Å². The first-order valence-corrected chi connectivity index (χ1v) is 20.8. The molecule has 0 saturated heterocycles. The highest BCUT2D eigenvalue weighted by molar-refractivity contribution is 5.69. The number of unbranched alkanes of at least 4 members (excludes halogenated alkanes) is 13. The van der Waals surface area contributed by atoms with Gasteiger partial charge in [0.05, 0.1) is 13.2 Å². The van der Waals surface area contributed by atoms with E-state index in [4.69, 9.17) is 9.47 Å². The SMILES string of the molecule is CC/C=C\C/C=C\C/C=C\C/C=C\C/C=C\C/C=C\CCCOCC(CO)OC(=O)CCCCCCCCCCC/C=C\C/C=C\CCCCC. The Morgan fingerprint density at radius 3 is 1.33 bits per heavy atom. The lowest BCUT2D eigenvalue weighted by atomic mass is 10.1. The van der Waals surface area contributed by atoms with E-state index in [1.807, 2.05) is 0 Å². The lowest BCUT2D eigenvalue weighted by Crippen LogP contribution is -2.27. The molecule has 4 nitrogen and oxygen atoms in total. The maximum Gasteiger partial charge on any atom is 0.306 e. The number of aliphatic hydroxyl groups excluding tert-OH is 1. The normalized spacial score (nSPS) is 13.4. The molecule has 290 valence electrons. The summed E-state index contributed by atoms with van der Waals surface area (Å²) in [6, 6.07) is 0. The lowest BCUT2D eigenvalue weighted by molar-refractivity contribution is -0.154. The van der Waals surface area contributed by atoms with E-state index in [1.54, 1.807) is 0 Å². The highest BCUT2D eigenvalue weighted by Crippen LogP contribution is 2.12. The van der Waals surface area contributed by atoms with Gasteiger partial charge in [0.1, 0.15) is 6.10 Å². The molecule has 0 bridgehead atoms. The van der Waals surface area contributed by atoms with Crippen molar-refractivity contribution in [1.82, 2.24) is 0 Å². The van der Waals surface area contributed by atoms with Gasteiger partial charge in [0, 0.05) is 13.0 Å². The molecule has 0 aliphatic rings. The predicted octanol–water partition coefficient (Wildman–Crippen LogP) is 13.8. The summed E-state index contributed by atoms with van der Waals surface area (Å²) in [7, 11) is 0. The summed E-state index contributed by atoms with van der Waals surface area (Å²) < 4.78 is 11.1. The molecular formula is C47H78O4. The van der Waals surface area contributed by atoms with Crippen molar-refractivity contribution in [2.24, 2.45) is 0 Å². The van der Waals surface area contributed by atoms with Crippen LogP contribution < -0.4 is 0 Å². The van der Waals surface area contributed by atoms with Gasteiger partial charge in [-0.25, -0.2) is 0 Å². The number of aliphatic hydroxyl groups is 1. The third-order valence-corrected chi connectivity index (χ3v) is 8.39. The van der Waals surface area contributed by atoms with Crippen LogP contribution in [0.15, 0.2) is 97.2 Å². The van der Waals surface area contributed by atoms with Crippen molar-refractivity contribution in [2.45, 2.75) is 174 Å². The van der Waals surface area contributed by atoms with Gasteiger partial charge in [0.15, 0.2) is 0 Å². The summed E-state index contributed by atoms with van der Waals surface area (Å²) in [5, 5.41) is 9.59. The minimum absolute atomic E-state index is 0.203. The first-order chi connectivity index (χ1) is 25.2. The van der Waals surface area contributed by atoms with Gasteiger partial charge in [-0.3, -0.25) is 4.79 Å². The van der Waals surface area contributed by atoms with Crippen LogP contribution in [-0.4, -0.2) is 37.0 Å². The molecule has 0 aliphatic heterocycles. The maximum atomic E-state index is 12.2. The zero-order valence-electron chi connectivity index (χ0n) is 33.1. The van der Waals surface area contributed by atoms with Crippen LogP contribution in [0.2, 0.25) is 0 Å². The van der Waals surface area contributed by atoms with Gasteiger partial charge in [-0.05, 0) is 89.9 Å². The maximum absolute atomic E-state index is 12.2. The van der Waals surface area contributed by atoms with E-state index in [-0.39, 0.29) is 19.2 Å². The van der Waals surface area contributed by atoms with E-state index in [9.17, 15) is 9.90 Å². The molecule has 1 N–H and O–H groups in total. The Labute approximate surface area is 315 Å². The number of carbonyl (C=O) groups is 1. The van der Waals surface area contributed by atoms with Crippen molar-refractivity contribution < 1.29 is 19.4 Å². The van der Waals surface area contributed by atoms with Crippen molar-refractivity contribution in [1.29, 1.82) is 0 Å². The second-order valence-corrected chi connectivity index (χ2v) is 13.3. The van der Waals surface area contributed by atoms with Gasteiger partial charge in [-0.2, -0.15) is 0 Å². The number of hydrogen-bond donors (Lipinski definition) is 1. The molecule has 0 rings (SSSR count). The molecule has 0 aliphatic carbocycles. The Kier molecular flexibility index (Phi) is 41.2. The topological polar surface area (TPSA) is 55.8 Å². The average molecular weight is 707 g/mol. The van der Waals surface area contributed by atoms with Crippen LogP contribution >= 0.6 is 0 Å². The Balaban J connectivity index is 3.59. The molecule has 0 saturated carbocycles. The Hall–Kier alpha value is -2.69. The quantitative estimate of drug-likeness (QED) is 0.0397. The molecule has 0 fully saturated rings. The van der Waals surface area contributed by atoms with Crippen molar-refractivity contribution in [3.05, 3.63) is 97.2 Å². The summed E-state index contributed by atoms with van der Waals surface area (Å²) in [6.07, 6.45) is 61.8. The van der Waals surface area contributed by atoms with E-state index in [0.717, 1.165) is 70.6 Å². The molecule has 0 aromatic rings. The highest BCUT2D eigenvalue weighted by Gasteiger charge is 2.13. The molecule has 0 heterocycles. The van der Waals surface area contributed by atoms with Crippen LogP contribution in [0.4, 0.5) is 0 Å². The van der Waals surface area contributed by atoms with Crippen LogP contribution in [0.3, 0.4) is 0 Å². The third-order valence-electron chi connectivity index (χ3n) is 8.39. The molecule has 1 atom stereocenters. The molecule has 0 aromatic carbocycles. The summed E-state index contributed by atoms with van der Waals surface area (Å²) in [5.74, 6) is -0.229. The second-order valence-electron chi connectivity index (χ2n) is 13.3. The number of ether oxygens (including phenoxy) is 2. The average Bonchev–Trinajstić information content (AvgIpc) is 3.14. The fraction of sp³-hybridized carbons (Fsp3) is 0.638. The Morgan fingerprint density at radius 2 is 0.882 bits per heavy atom. The number of rotatable bonds is 37. The predicted molar refractivity (Wildman–Crippen MR) is 223 cm³/mol. The number of esters is 1. The van der Waals surface area contributed by atoms with E-state index < -0.39 is 6.10 Å². The summed E-state index contributed by atoms with van der Waals surface area (Å²) >= 11 is 0. The van der Waals surface area contributed by atoms with E-state index in [1.165, 1.54) is 77.0 Å². The van der Waals surface area contributed by atoms with E-state index >= 15 is 0 Å². The highest BCUT2D eigenvalue weighted by atomic mass is 16.6. The minimum atomic E-state index is -0.573. The van der Waals surface area contributed by atoms with Gasteiger partial charge in [0.25, 0.3) is 0 Å². The van der Waals surface area contributed by atoms with Crippen LogP contribution in [0.1, 0.15) is 168 Å². The molecule has 4 heteroatoms. The molecule has 0 spiro atoms. The molecule has 0 amide bonds. The standard InChI is InChI=1S/C47H78O4/c1-3-5-7-9-11-13-15-17-19-21-23-25-27-29-31-33-35-37-39-41-43-50-45-46(44-48)51-47(49)42-40-38-36-34-32-30-28-26-24-22-20-18-16-14-12-10-8-6-4-2/h5,7,11-14,17-20,23,25,29,31,35,37,46,48H,3-4,6,8-10,15-16,21-22,24,26-28,30,32-34,36,38-45H2,1-2H3/b7-5-,13-11-,14-12-,19-17-,20-18-,25-23-,31-29-,37-35-. The second kappa shape index (κ2) is 43.5. The van der Waals surface area contributed by atoms with Gasteiger partial charge < -0.3 is 14.6 Å². The summed E-state index contributed by atoms with van der Waals surface area (Å²) in [4.78, 5) is 12.2. The van der Waals surface area contributed by atoms with Crippen molar-refractivity contribution >= 4 is 5.97 Å². The zero-order chi connectivity index (χ0) is 37.0. The lowest BCUT2D eigenvalue weighted by Gasteiger charge is -2.15. The molecular weight excluding hydrogens is 629 g/mol. The van der Waals surface area contributed by atoms with E-state index in [2.05, 4.69) is 111 Å². The monoisotopic (exact) mass is 707 g/mol. The van der Waals surface area contributed by atoms with Crippen LogP contribution in [-0.2, 0) is 14.3 Å². The van der Waals surface area contributed by atoms with Gasteiger partial charge in [0.2, 0.25) is 0 Å². The molecule has 1 unspecified atom stereocenters. The van der Waals surface area contributed by atoms with Crippen LogP contribution in [0.25, 0.3) is 0 Å². The van der Waals surface area contributed by atoms with Gasteiger partial charge in [-0.15, -0.1) is 0 Å². The van der Waals surface area contributed by atoms with E-state index in [0.29, 0.717) is 13.0 Å². The summed E-state index contributed by atoms with van der Waals surface area (Å²) in [5.41, 5.74) is 0. The Morgan fingerprint density at radius 1 is 0.490 bits per heavy atom. The smallest absolute Gasteiger partial charge is 0.306 e. The number of hydrogen-bond acceptors (Lipinski definition) is 4. The van der Waals surface area contributed by atoms with Crippen LogP contribution in [0.5, 0.6) is 0 Å². The van der Waals surface area contributed by atoms with Gasteiger partial charge >= 0.3 is 5.97 Å². The van der Waals surface area contributed by atoms with Crippen LogP contribution in [0, 0.1) is 0 Å². The Bertz CT molecular complexity index is 965. The fourth-order valence-electron chi connectivity index (χ4n) is 5.31. The first-order valence-electron chi connectivity index (χ1n) is 20.8. The number of allylic oxidation sites excluding steroid dienone is 16. The van der Waals surface area contributed by atoms with Gasteiger partial charge in [-0.1, -0.05) is 169 Å². The largest absolute Gasteiger partial charge is 0.457 e. The summed E-state index contributed by atoms with van der Waals surface area (Å²) in [6.45, 7) is 5.05. The minimum Gasteiger partial charge on any atom is -0.457 e. The molecule has 0 aromatic heterocycles. The fourth-order valence-corrected chi connectivity index (χ4v) is 5.31. The van der Waals surface area contributed by atoms with Crippen molar-refractivity contribution in [3.63, 3.8) is 0 Å². The zero-order valence-corrected chi connectivity index (χ0v) is 33.1. The van der Waals surface area contributed by atoms with Crippen molar-refractivity contribution in [2.75, 3.05) is 19.8 Å². The first kappa shape index (κ1) is 48.3. The molecule has 51 heavy (non-hydrogen) atoms. The third kappa shape index (κ3) is 41.6. The molecule has 0 radical (unpaired) electrons.